The highest BCUT2D eigenvalue weighted by molar-refractivity contribution is 5.85. The van der Waals surface area contributed by atoms with Crippen LogP contribution in [-0.2, 0) is 0 Å². The Morgan fingerprint density at radius 1 is 1.39 bits per heavy atom. The Hall–Kier alpha value is -1.39. The molecule has 1 aromatic carbocycles. The number of ether oxygens (including phenoxy) is 2. The van der Waals surface area contributed by atoms with Crippen LogP contribution in [0.1, 0.15) is 24.9 Å². The number of hydrogen-bond donors (Lipinski definition) is 2. The summed E-state index contributed by atoms with van der Waals surface area (Å²) < 4.78 is 10.3. The highest BCUT2D eigenvalue weighted by Crippen LogP contribution is 2.38. The van der Waals surface area contributed by atoms with E-state index >= 15 is 0 Å². The summed E-state index contributed by atoms with van der Waals surface area (Å²) in [4.78, 5) is 0. The van der Waals surface area contributed by atoms with E-state index < -0.39 is 0 Å². The van der Waals surface area contributed by atoms with Gasteiger partial charge in [-0.2, -0.15) is 0 Å². The summed E-state index contributed by atoms with van der Waals surface area (Å²) >= 11 is 0. The monoisotopic (exact) mass is 273 g/mol. The van der Waals surface area contributed by atoms with Crippen LogP contribution < -0.4 is 15.2 Å². The molecular formula is C13H20ClNO3. The zero-order valence-corrected chi connectivity index (χ0v) is 11.7. The maximum Gasteiger partial charge on any atom is 0.131 e. The molecule has 1 atom stereocenters. The fraction of sp³-hybridized carbons (Fsp3) is 0.385. The Labute approximate surface area is 114 Å². The van der Waals surface area contributed by atoms with Crippen molar-refractivity contribution in [3.8, 4) is 17.2 Å². The molecule has 0 saturated carbocycles. The molecule has 1 rings (SSSR count). The summed E-state index contributed by atoms with van der Waals surface area (Å²) in [5.74, 6) is 1.14. The minimum atomic E-state index is -0.339. The van der Waals surface area contributed by atoms with Gasteiger partial charge in [-0.15, -0.1) is 19.0 Å². The highest BCUT2D eigenvalue weighted by atomic mass is 35.5. The van der Waals surface area contributed by atoms with Gasteiger partial charge in [-0.1, -0.05) is 5.57 Å². The number of benzene rings is 1. The minimum Gasteiger partial charge on any atom is -0.507 e. The smallest absolute Gasteiger partial charge is 0.131 e. The quantitative estimate of drug-likeness (QED) is 0.810. The molecule has 1 aromatic rings. The standard InChI is InChI=1S/C13H19NO3.ClH/c1-8(2)5-10(14)13-11(15)6-9(16-3)7-12(13)17-4;/h6-7,10,15H,1,5,14H2,2-4H3;1H/t10-;/m0./s1. The molecule has 0 bridgehead atoms. The maximum absolute atomic E-state index is 9.95. The number of phenols is 1. The summed E-state index contributed by atoms with van der Waals surface area (Å²) in [7, 11) is 3.06. The van der Waals surface area contributed by atoms with E-state index in [-0.39, 0.29) is 24.2 Å². The van der Waals surface area contributed by atoms with Crippen LogP contribution >= 0.6 is 12.4 Å². The lowest BCUT2D eigenvalue weighted by Crippen LogP contribution is -2.12. The van der Waals surface area contributed by atoms with Gasteiger partial charge in [0.25, 0.3) is 0 Å². The van der Waals surface area contributed by atoms with Crippen molar-refractivity contribution in [3.63, 3.8) is 0 Å². The molecule has 102 valence electrons. The molecule has 3 N–H and O–H groups in total. The minimum absolute atomic E-state index is 0. The van der Waals surface area contributed by atoms with E-state index in [0.29, 0.717) is 23.5 Å². The van der Waals surface area contributed by atoms with Crippen LogP contribution in [0.3, 0.4) is 0 Å². The van der Waals surface area contributed by atoms with Crippen molar-refractivity contribution in [3.05, 3.63) is 29.8 Å². The van der Waals surface area contributed by atoms with Gasteiger partial charge in [-0.05, 0) is 13.3 Å². The second-order valence-electron chi connectivity index (χ2n) is 4.03. The molecule has 0 aliphatic heterocycles. The van der Waals surface area contributed by atoms with Crippen molar-refractivity contribution in [2.45, 2.75) is 19.4 Å². The number of rotatable bonds is 5. The molecule has 0 spiro atoms. The third-order valence-corrected chi connectivity index (χ3v) is 2.49. The number of hydrogen-bond acceptors (Lipinski definition) is 4. The Morgan fingerprint density at radius 2 is 2.00 bits per heavy atom. The topological polar surface area (TPSA) is 64.7 Å². The molecule has 0 aromatic heterocycles. The summed E-state index contributed by atoms with van der Waals surface area (Å²) in [5, 5.41) is 9.95. The molecule has 4 nitrogen and oxygen atoms in total. The Morgan fingerprint density at radius 3 is 2.44 bits per heavy atom. The molecule has 0 radical (unpaired) electrons. The zero-order chi connectivity index (χ0) is 13.0. The van der Waals surface area contributed by atoms with Crippen molar-refractivity contribution >= 4 is 12.4 Å². The van der Waals surface area contributed by atoms with Crippen LogP contribution in [0.5, 0.6) is 17.2 Å². The number of halogens is 1. The lowest BCUT2D eigenvalue weighted by atomic mass is 9.99. The van der Waals surface area contributed by atoms with Gasteiger partial charge in [0.1, 0.15) is 17.2 Å². The second-order valence-corrected chi connectivity index (χ2v) is 4.03. The summed E-state index contributed by atoms with van der Waals surface area (Å²) in [5.41, 5.74) is 7.56. The van der Waals surface area contributed by atoms with E-state index in [1.54, 1.807) is 6.07 Å². The molecule has 0 aliphatic carbocycles. The third-order valence-electron chi connectivity index (χ3n) is 2.49. The number of nitrogens with two attached hydrogens (primary N) is 1. The molecule has 0 saturated heterocycles. The van der Waals surface area contributed by atoms with E-state index in [2.05, 4.69) is 6.58 Å². The summed E-state index contributed by atoms with van der Waals surface area (Å²) in [6, 6.07) is 2.89. The molecular weight excluding hydrogens is 254 g/mol. The lowest BCUT2D eigenvalue weighted by molar-refractivity contribution is 0.375. The van der Waals surface area contributed by atoms with E-state index in [1.165, 1.54) is 20.3 Å². The SMILES string of the molecule is C=C(C)C[C@H](N)c1c(O)cc(OC)cc1OC.Cl. The van der Waals surface area contributed by atoms with Gasteiger partial charge in [-0.3, -0.25) is 0 Å². The third kappa shape index (κ3) is 3.82. The van der Waals surface area contributed by atoms with Crippen molar-refractivity contribution < 1.29 is 14.6 Å². The highest BCUT2D eigenvalue weighted by Gasteiger charge is 2.18. The first kappa shape index (κ1) is 16.6. The van der Waals surface area contributed by atoms with Gasteiger partial charge in [0.2, 0.25) is 0 Å². The first-order valence-corrected chi connectivity index (χ1v) is 5.34. The number of methoxy groups -OCH3 is 2. The van der Waals surface area contributed by atoms with Crippen LogP contribution in [0, 0.1) is 0 Å². The number of aromatic hydroxyl groups is 1. The molecule has 0 heterocycles. The average molecular weight is 274 g/mol. The molecule has 18 heavy (non-hydrogen) atoms. The second kappa shape index (κ2) is 7.13. The normalized spacial score (nSPS) is 11.3. The van der Waals surface area contributed by atoms with E-state index in [4.69, 9.17) is 15.2 Å². The maximum atomic E-state index is 9.95. The predicted molar refractivity (Wildman–Crippen MR) is 74.8 cm³/mol. The summed E-state index contributed by atoms with van der Waals surface area (Å²) in [6.07, 6.45) is 0.594. The van der Waals surface area contributed by atoms with Crippen molar-refractivity contribution in [1.82, 2.24) is 0 Å². The first-order chi connectivity index (χ1) is 7.99. The molecule has 0 amide bonds. The summed E-state index contributed by atoms with van der Waals surface area (Å²) in [6.45, 7) is 5.71. The Balaban J connectivity index is 0.00000289. The first-order valence-electron chi connectivity index (χ1n) is 5.34. The van der Waals surface area contributed by atoms with Crippen molar-refractivity contribution in [2.75, 3.05) is 14.2 Å². The van der Waals surface area contributed by atoms with E-state index in [0.717, 1.165) is 5.57 Å². The van der Waals surface area contributed by atoms with Crippen LogP contribution in [-0.4, -0.2) is 19.3 Å². The average Bonchev–Trinajstić information content (AvgIpc) is 2.26. The van der Waals surface area contributed by atoms with Crippen LogP contribution in [0.2, 0.25) is 0 Å². The van der Waals surface area contributed by atoms with Gasteiger partial charge in [0, 0.05) is 18.2 Å². The lowest BCUT2D eigenvalue weighted by Gasteiger charge is -2.18. The Bertz CT molecular complexity index is 421. The van der Waals surface area contributed by atoms with Crippen molar-refractivity contribution in [2.24, 2.45) is 5.73 Å². The largest absolute Gasteiger partial charge is 0.507 e. The van der Waals surface area contributed by atoms with Gasteiger partial charge in [0.05, 0.1) is 19.8 Å². The zero-order valence-electron chi connectivity index (χ0n) is 10.9. The van der Waals surface area contributed by atoms with Crippen molar-refractivity contribution in [1.29, 1.82) is 0 Å². The molecule has 0 fully saturated rings. The van der Waals surface area contributed by atoms with Crippen LogP contribution in [0.4, 0.5) is 0 Å². The van der Waals surface area contributed by atoms with Gasteiger partial charge >= 0.3 is 0 Å². The molecule has 0 unspecified atom stereocenters. The number of phenolic OH excluding ortho intramolecular Hbond substituents is 1. The Kier molecular flexibility index (Phi) is 6.58. The fourth-order valence-electron chi connectivity index (χ4n) is 1.72. The van der Waals surface area contributed by atoms with Crippen LogP contribution in [0.15, 0.2) is 24.3 Å². The van der Waals surface area contributed by atoms with Gasteiger partial charge < -0.3 is 20.3 Å². The molecule has 5 heteroatoms. The molecule has 0 aliphatic rings. The van der Waals surface area contributed by atoms with Gasteiger partial charge in [0.15, 0.2) is 0 Å². The predicted octanol–water partition coefficient (Wildman–Crippen LogP) is 2.80. The van der Waals surface area contributed by atoms with Gasteiger partial charge in [-0.25, -0.2) is 0 Å². The van der Waals surface area contributed by atoms with Crippen LogP contribution in [0.25, 0.3) is 0 Å². The fourth-order valence-corrected chi connectivity index (χ4v) is 1.72. The van der Waals surface area contributed by atoms with E-state index in [9.17, 15) is 5.11 Å². The van der Waals surface area contributed by atoms with E-state index in [1.807, 2.05) is 6.92 Å².